The highest BCUT2D eigenvalue weighted by molar-refractivity contribution is 7.25. The van der Waals surface area contributed by atoms with Crippen molar-refractivity contribution in [1.29, 1.82) is 0 Å². The molecule has 0 fully saturated rings. The van der Waals surface area contributed by atoms with Gasteiger partial charge < -0.3 is 0 Å². The number of hydrogen-bond acceptors (Lipinski definition) is 3. The quantitative estimate of drug-likeness (QED) is 0.170. The minimum absolute atomic E-state index is 0.539. The minimum atomic E-state index is -0.539. The van der Waals surface area contributed by atoms with E-state index in [1.54, 1.807) is 0 Å². The summed E-state index contributed by atoms with van der Waals surface area (Å²) in [5.41, 5.74) is 14.3. The molecule has 0 bridgehead atoms. The molecule has 0 radical (unpaired) electrons. The fourth-order valence-corrected chi connectivity index (χ4v) is 10.1. The number of benzene rings is 8. The highest BCUT2D eigenvalue weighted by Crippen LogP contribution is 2.59. The molecule has 2 aromatic heterocycles. The van der Waals surface area contributed by atoms with Gasteiger partial charge in [0.2, 0.25) is 0 Å². The fraction of sp³-hybridized carbons (Fsp3) is 0.0189. The van der Waals surface area contributed by atoms with E-state index in [9.17, 15) is 0 Å². The molecule has 11 rings (SSSR count). The van der Waals surface area contributed by atoms with Crippen molar-refractivity contribution in [2.24, 2.45) is 0 Å². The van der Waals surface area contributed by atoms with Gasteiger partial charge >= 0.3 is 0 Å². The predicted molar refractivity (Wildman–Crippen MR) is 234 cm³/mol. The second-order valence-corrected chi connectivity index (χ2v) is 15.5. The molecule has 0 spiro atoms. The van der Waals surface area contributed by atoms with Gasteiger partial charge in [0, 0.05) is 36.9 Å². The van der Waals surface area contributed by atoms with Crippen LogP contribution in [0.5, 0.6) is 0 Å². The van der Waals surface area contributed by atoms with Crippen LogP contribution < -0.4 is 0 Å². The lowest BCUT2D eigenvalue weighted by Crippen LogP contribution is -2.29. The maximum Gasteiger partial charge on any atom is 0.160 e. The monoisotopic (exact) mass is 730 g/mol. The first-order chi connectivity index (χ1) is 27.8. The van der Waals surface area contributed by atoms with Crippen LogP contribution in [0.4, 0.5) is 0 Å². The Labute approximate surface area is 330 Å². The molecule has 1 aliphatic carbocycles. The molecule has 0 saturated heterocycles. The van der Waals surface area contributed by atoms with Crippen molar-refractivity contribution < 1.29 is 0 Å². The third kappa shape index (κ3) is 5.02. The normalized spacial score (nSPS) is 12.8. The van der Waals surface area contributed by atoms with Crippen molar-refractivity contribution in [3.05, 3.63) is 229 Å². The highest BCUT2D eigenvalue weighted by atomic mass is 32.1. The van der Waals surface area contributed by atoms with Crippen molar-refractivity contribution >= 4 is 31.5 Å². The third-order valence-corrected chi connectivity index (χ3v) is 12.5. The lowest BCUT2D eigenvalue weighted by molar-refractivity contribution is 0.770. The number of rotatable bonds is 6. The molecule has 0 N–H and O–H groups in total. The topological polar surface area (TPSA) is 25.8 Å². The molecular weight excluding hydrogens is 697 g/mol. The Hall–Kier alpha value is -6.94. The van der Waals surface area contributed by atoms with Gasteiger partial charge in [0.1, 0.15) is 0 Å². The van der Waals surface area contributed by atoms with Gasteiger partial charge in [-0.3, -0.25) is 0 Å². The first-order valence-electron chi connectivity index (χ1n) is 19.1. The zero-order valence-electron chi connectivity index (χ0n) is 30.4. The van der Waals surface area contributed by atoms with E-state index in [2.05, 4.69) is 200 Å². The molecule has 3 heteroatoms. The number of hydrogen-bond donors (Lipinski definition) is 0. The Morgan fingerprint density at radius 1 is 0.357 bits per heavy atom. The van der Waals surface area contributed by atoms with Gasteiger partial charge in [-0.15, -0.1) is 11.3 Å². The molecule has 10 aromatic rings. The van der Waals surface area contributed by atoms with Crippen LogP contribution in [0.2, 0.25) is 0 Å². The smallest absolute Gasteiger partial charge is 0.160 e. The summed E-state index contributed by atoms with van der Waals surface area (Å²) in [6.45, 7) is 0. The first kappa shape index (κ1) is 32.5. The summed E-state index contributed by atoms with van der Waals surface area (Å²) in [6.07, 6.45) is 0. The molecule has 2 nitrogen and oxygen atoms in total. The zero-order chi connectivity index (χ0) is 37.1. The largest absolute Gasteiger partial charge is 0.228 e. The molecule has 0 saturated carbocycles. The van der Waals surface area contributed by atoms with Gasteiger partial charge in [-0.1, -0.05) is 182 Å². The van der Waals surface area contributed by atoms with Gasteiger partial charge in [0.15, 0.2) is 5.82 Å². The van der Waals surface area contributed by atoms with Crippen LogP contribution in [-0.4, -0.2) is 9.97 Å². The van der Waals surface area contributed by atoms with Crippen LogP contribution in [0.1, 0.15) is 22.3 Å². The van der Waals surface area contributed by atoms with Gasteiger partial charge in [0.25, 0.3) is 0 Å². The highest BCUT2D eigenvalue weighted by Gasteiger charge is 2.47. The molecule has 8 aromatic carbocycles. The van der Waals surface area contributed by atoms with Crippen molar-refractivity contribution in [3.8, 4) is 56.2 Å². The number of thiophene rings is 1. The Morgan fingerprint density at radius 3 is 1.66 bits per heavy atom. The molecule has 2 heterocycles. The van der Waals surface area contributed by atoms with E-state index in [0.29, 0.717) is 5.82 Å². The summed E-state index contributed by atoms with van der Waals surface area (Å²) in [5, 5.41) is 2.53. The Bertz CT molecular complexity index is 3040. The molecule has 56 heavy (non-hydrogen) atoms. The summed E-state index contributed by atoms with van der Waals surface area (Å²) in [7, 11) is 0. The van der Waals surface area contributed by atoms with E-state index in [1.165, 1.54) is 59.1 Å². The lowest BCUT2D eigenvalue weighted by Gasteiger charge is -2.35. The molecular formula is C53H34N2S. The van der Waals surface area contributed by atoms with Crippen LogP contribution >= 0.6 is 11.3 Å². The van der Waals surface area contributed by atoms with Crippen molar-refractivity contribution in [3.63, 3.8) is 0 Å². The van der Waals surface area contributed by atoms with Crippen molar-refractivity contribution in [2.45, 2.75) is 5.41 Å². The van der Waals surface area contributed by atoms with Crippen molar-refractivity contribution in [2.75, 3.05) is 0 Å². The maximum absolute atomic E-state index is 5.36. The van der Waals surface area contributed by atoms with E-state index in [4.69, 9.17) is 9.97 Å². The predicted octanol–water partition coefficient (Wildman–Crippen LogP) is 13.9. The average Bonchev–Trinajstić information content (AvgIpc) is 3.81. The minimum Gasteiger partial charge on any atom is -0.228 e. The average molecular weight is 731 g/mol. The second-order valence-electron chi connectivity index (χ2n) is 14.4. The number of aromatic nitrogens is 2. The standard InChI is InChI=1S/C53H34N2S/c1-4-17-35(18-5-1)52-54-47(36-31-32-50-45(33-36)42-26-13-15-30-49(42)56-50)34-48(55-52)41-25-11-10-23-39(41)43-27-16-28-44-40-24-12-14-29-46(40)53(51(43)44,37-19-6-2-7-20-37)38-21-8-3-9-22-38/h1-34H. The van der Waals surface area contributed by atoms with Crippen LogP contribution in [0.3, 0.4) is 0 Å². The van der Waals surface area contributed by atoms with Gasteiger partial charge in [-0.05, 0) is 68.8 Å². The summed E-state index contributed by atoms with van der Waals surface area (Å²) >= 11 is 1.83. The maximum atomic E-state index is 5.36. The van der Waals surface area contributed by atoms with Crippen LogP contribution in [0.25, 0.3) is 76.3 Å². The van der Waals surface area contributed by atoms with Crippen LogP contribution in [-0.2, 0) is 5.41 Å². The van der Waals surface area contributed by atoms with E-state index in [0.717, 1.165) is 33.6 Å². The van der Waals surface area contributed by atoms with Crippen LogP contribution in [0, 0.1) is 0 Å². The number of fused-ring (bicyclic) bond motifs is 6. The van der Waals surface area contributed by atoms with E-state index in [-0.39, 0.29) is 0 Å². The van der Waals surface area contributed by atoms with Crippen LogP contribution in [0.15, 0.2) is 206 Å². The molecule has 0 amide bonds. The van der Waals surface area contributed by atoms with E-state index < -0.39 is 5.41 Å². The summed E-state index contributed by atoms with van der Waals surface area (Å²) in [5.74, 6) is 0.705. The second kappa shape index (κ2) is 13.1. The van der Waals surface area contributed by atoms with E-state index >= 15 is 0 Å². The summed E-state index contributed by atoms with van der Waals surface area (Å²) < 4.78 is 2.57. The lowest BCUT2D eigenvalue weighted by atomic mass is 9.66. The van der Waals surface area contributed by atoms with Gasteiger partial charge in [0.05, 0.1) is 16.8 Å². The van der Waals surface area contributed by atoms with E-state index in [1.807, 2.05) is 17.4 Å². The Kier molecular flexibility index (Phi) is 7.61. The number of nitrogens with zero attached hydrogens (tertiary/aromatic N) is 2. The fourth-order valence-electron chi connectivity index (χ4n) is 9.00. The molecule has 1 aliphatic rings. The van der Waals surface area contributed by atoms with Crippen molar-refractivity contribution in [1.82, 2.24) is 9.97 Å². The first-order valence-corrected chi connectivity index (χ1v) is 19.9. The molecule has 262 valence electrons. The molecule has 0 atom stereocenters. The zero-order valence-corrected chi connectivity index (χ0v) is 31.2. The summed E-state index contributed by atoms with van der Waals surface area (Å²) in [4.78, 5) is 10.6. The Balaban J connectivity index is 1.18. The summed E-state index contributed by atoms with van der Waals surface area (Å²) in [6, 6.07) is 74.5. The van der Waals surface area contributed by atoms with Gasteiger partial charge in [-0.2, -0.15) is 0 Å². The third-order valence-electron chi connectivity index (χ3n) is 11.4. The Morgan fingerprint density at radius 2 is 0.911 bits per heavy atom. The molecule has 0 aliphatic heterocycles. The van der Waals surface area contributed by atoms with Gasteiger partial charge in [-0.25, -0.2) is 9.97 Å². The molecule has 0 unspecified atom stereocenters. The SMILES string of the molecule is c1ccc(-c2nc(-c3ccc4sc5ccccc5c4c3)cc(-c3ccccc3-c3cccc4c3C(c3ccccc3)(c3ccccc3)c3ccccc3-4)n2)cc1.